The van der Waals surface area contributed by atoms with Gasteiger partial charge in [0.05, 0.1) is 5.71 Å². The number of amides is 2. The second-order valence-electron chi connectivity index (χ2n) is 7.39. The molecule has 0 saturated carbocycles. The molecule has 0 bridgehead atoms. The van der Waals surface area contributed by atoms with E-state index in [9.17, 15) is 9.59 Å². The number of rotatable bonds is 2. The Morgan fingerprint density at radius 1 is 1.22 bits per heavy atom. The topological polar surface area (TPSA) is 61.8 Å². The molecule has 5 heteroatoms. The summed E-state index contributed by atoms with van der Waals surface area (Å²) in [6.45, 7) is 0. The van der Waals surface area contributed by atoms with Crippen molar-refractivity contribution in [2.45, 2.75) is 25.7 Å². The third-order valence-corrected chi connectivity index (χ3v) is 5.36. The van der Waals surface area contributed by atoms with Gasteiger partial charge in [0.1, 0.15) is 0 Å². The number of hydrogen-bond donors (Lipinski definition) is 1. The fraction of sp³-hybridized carbons (Fsp3) is 0.318. The Balaban J connectivity index is 1.60. The van der Waals surface area contributed by atoms with E-state index in [0.29, 0.717) is 11.3 Å². The van der Waals surface area contributed by atoms with E-state index in [-0.39, 0.29) is 17.7 Å². The van der Waals surface area contributed by atoms with Crippen LogP contribution in [0.2, 0.25) is 0 Å². The Hall–Kier alpha value is -2.95. The number of carbonyl (C=O) groups is 2. The zero-order chi connectivity index (χ0) is 19.0. The molecular formula is C22H23N3O2. The van der Waals surface area contributed by atoms with E-state index in [4.69, 9.17) is 0 Å². The van der Waals surface area contributed by atoms with Crippen LogP contribution >= 0.6 is 0 Å². The molecule has 138 valence electrons. The molecule has 2 aliphatic carbocycles. The lowest BCUT2D eigenvalue weighted by molar-refractivity contribution is -0.117. The minimum Gasteiger partial charge on any atom is -0.378 e. The SMILES string of the molecule is CN(C)c1cccc(C(=O)N=C2C=CC3C(=C2)NC(=O)C2=C3CCCC2)c1. The highest BCUT2D eigenvalue weighted by atomic mass is 16.2. The Kier molecular flexibility index (Phi) is 4.52. The lowest BCUT2D eigenvalue weighted by Gasteiger charge is -2.33. The van der Waals surface area contributed by atoms with Crippen molar-refractivity contribution in [3.8, 4) is 0 Å². The molecule has 0 fully saturated rings. The number of benzene rings is 1. The minimum absolute atomic E-state index is 0.00635. The van der Waals surface area contributed by atoms with Gasteiger partial charge in [-0.05, 0) is 61.6 Å². The van der Waals surface area contributed by atoms with Gasteiger partial charge in [-0.25, -0.2) is 4.99 Å². The van der Waals surface area contributed by atoms with Crippen LogP contribution in [0.3, 0.4) is 0 Å². The van der Waals surface area contributed by atoms with Gasteiger partial charge in [-0.1, -0.05) is 12.1 Å². The molecule has 1 aliphatic heterocycles. The van der Waals surface area contributed by atoms with Crippen LogP contribution in [0.1, 0.15) is 36.0 Å². The average molecular weight is 361 g/mol. The van der Waals surface area contributed by atoms with Crippen LogP contribution in [-0.2, 0) is 4.79 Å². The predicted molar refractivity (Wildman–Crippen MR) is 107 cm³/mol. The van der Waals surface area contributed by atoms with Crippen LogP contribution in [0.5, 0.6) is 0 Å². The Labute approximate surface area is 159 Å². The van der Waals surface area contributed by atoms with Gasteiger partial charge in [-0.3, -0.25) is 9.59 Å². The van der Waals surface area contributed by atoms with Gasteiger partial charge in [0.15, 0.2) is 0 Å². The highest BCUT2D eigenvalue weighted by Gasteiger charge is 2.33. The van der Waals surface area contributed by atoms with E-state index in [0.717, 1.165) is 42.6 Å². The summed E-state index contributed by atoms with van der Waals surface area (Å²) >= 11 is 0. The monoisotopic (exact) mass is 361 g/mol. The van der Waals surface area contributed by atoms with E-state index in [1.54, 1.807) is 6.07 Å². The molecule has 0 aromatic heterocycles. The van der Waals surface area contributed by atoms with Crippen LogP contribution in [0, 0.1) is 5.92 Å². The van der Waals surface area contributed by atoms with Crippen molar-refractivity contribution in [3.63, 3.8) is 0 Å². The summed E-state index contributed by atoms with van der Waals surface area (Å²) in [5, 5.41) is 3.00. The normalized spacial score (nSPS) is 22.7. The van der Waals surface area contributed by atoms with Crippen LogP contribution < -0.4 is 10.2 Å². The predicted octanol–water partition coefficient (Wildman–Crippen LogP) is 3.40. The second kappa shape index (κ2) is 6.99. The fourth-order valence-electron chi connectivity index (χ4n) is 3.92. The largest absolute Gasteiger partial charge is 0.378 e. The Bertz CT molecular complexity index is 935. The Morgan fingerprint density at radius 3 is 2.85 bits per heavy atom. The molecule has 1 unspecified atom stereocenters. The summed E-state index contributed by atoms with van der Waals surface area (Å²) in [7, 11) is 3.87. The van der Waals surface area contributed by atoms with E-state index < -0.39 is 0 Å². The molecule has 1 aromatic carbocycles. The van der Waals surface area contributed by atoms with Crippen molar-refractivity contribution in [1.29, 1.82) is 0 Å². The maximum Gasteiger partial charge on any atom is 0.277 e. The van der Waals surface area contributed by atoms with Crippen LogP contribution in [0.25, 0.3) is 0 Å². The quantitative estimate of drug-likeness (QED) is 0.878. The van der Waals surface area contributed by atoms with Crippen molar-refractivity contribution in [2.24, 2.45) is 10.9 Å². The molecule has 27 heavy (non-hydrogen) atoms. The highest BCUT2D eigenvalue weighted by molar-refractivity contribution is 6.14. The summed E-state index contributed by atoms with van der Waals surface area (Å²) in [5.41, 5.74) is 5.09. The molecule has 0 radical (unpaired) electrons. The van der Waals surface area contributed by atoms with Gasteiger partial charge < -0.3 is 10.2 Å². The third kappa shape index (κ3) is 3.37. The van der Waals surface area contributed by atoms with Crippen molar-refractivity contribution in [1.82, 2.24) is 5.32 Å². The highest BCUT2D eigenvalue weighted by Crippen LogP contribution is 2.38. The van der Waals surface area contributed by atoms with Crippen LogP contribution in [0.4, 0.5) is 5.69 Å². The van der Waals surface area contributed by atoms with Gasteiger partial charge in [0, 0.05) is 42.5 Å². The first kappa shape index (κ1) is 17.5. The number of allylic oxidation sites excluding steroid dienone is 3. The molecule has 1 N–H and O–H groups in total. The molecule has 1 aromatic rings. The number of nitrogens with zero attached hydrogens (tertiary/aromatic N) is 2. The smallest absolute Gasteiger partial charge is 0.277 e. The van der Waals surface area contributed by atoms with Crippen LogP contribution in [-0.4, -0.2) is 31.6 Å². The maximum absolute atomic E-state index is 12.6. The first-order valence-corrected chi connectivity index (χ1v) is 9.36. The molecule has 5 nitrogen and oxygen atoms in total. The lowest BCUT2D eigenvalue weighted by atomic mass is 9.77. The zero-order valence-corrected chi connectivity index (χ0v) is 15.7. The summed E-state index contributed by atoms with van der Waals surface area (Å²) in [6.07, 6.45) is 9.81. The van der Waals surface area contributed by atoms with Crippen molar-refractivity contribution in [2.75, 3.05) is 19.0 Å². The molecule has 1 atom stereocenters. The van der Waals surface area contributed by atoms with Gasteiger partial charge in [0.25, 0.3) is 11.8 Å². The summed E-state index contributed by atoms with van der Waals surface area (Å²) in [6, 6.07) is 7.40. The number of fused-ring (bicyclic) bond motifs is 2. The first-order valence-electron chi connectivity index (χ1n) is 9.36. The zero-order valence-electron chi connectivity index (χ0n) is 15.7. The standard InChI is InChI=1S/C22H23N3O2/c1-25(2)16-7-5-6-14(12-16)21(26)23-15-10-11-18-17-8-3-4-9-19(17)22(27)24-20(18)13-15/h5-7,10-13,18H,3-4,8-9H2,1-2H3,(H,24,27). The molecule has 1 heterocycles. The van der Waals surface area contributed by atoms with Gasteiger partial charge >= 0.3 is 0 Å². The summed E-state index contributed by atoms with van der Waals surface area (Å²) in [5.74, 6) is -0.163. The summed E-state index contributed by atoms with van der Waals surface area (Å²) in [4.78, 5) is 31.2. The minimum atomic E-state index is -0.284. The van der Waals surface area contributed by atoms with Crippen molar-refractivity contribution in [3.05, 3.63) is 64.9 Å². The number of aliphatic imine (C=N–C) groups is 1. The number of carbonyl (C=O) groups excluding carboxylic acids is 2. The molecule has 4 rings (SSSR count). The molecule has 2 amide bonds. The van der Waals surface area contributed by atoms with E-state index in [1.807, 2.05) is 49.3 Å². The van der Waals surface area contributed by atoms with Crippen LogP contribution in [0.15, 0.2) is 64.3 Å². The second-order valence-corrected chi connectivity index (χ2v) is 7.39. The van der Waals surface area contributed by atoms with Gasteiger partial charge in [-0.2, -0.15) is 0 Å². The van der Waals surface area contributed by atoms with E-state index in [2.05, 4.69) is 16.4 Å². The number of anilines is 1. The van der Waals surface area contributed by atoms with Gasteiger partial charge in [-0.15, -0.1) is 0 Å². The number of hydrogen-bond acceptors (Lipinski definition) is 3. The van der Waals surface area contributed by atoms with Crippen molar-refractivity contribution < 1.29 is 9.59 Å². The van der Waals surface area contributed by atoms with Gasteiger partial charge in [0.2, 0.25) is 0 Å². The average Bonchev–Trinajstić information content (AvgIpc) is 2.68. The van der Waals surface area contributed by atoms with E-state index >= 15 is 0 Å². The van der Waals surface area contributed by atoms with E-state index in [1.165, 1.54) is 5.57 Å². The molecular weight excluding hydrogens is 338 g/mol. The maximum atomic E-state index is 12.6. The number of nitrogens with one attached hydrogen (secondary N) is 1. The lowest BCUT2D eigenvalue weighted by Crippen LogP contribution is -2.37. The molecule has 0 saturated heterocycles. The first-order chi connectivity index (χ1) is 13.0. The summed E-state index contributed by atoms with van der Waals surface area (Å²) < 4.78 is 0. The van der Waals surface area contributed by atoms with Crippen molar-refractivity contribution >= 4 is 23.2 Å². The Morgan fingerprint density at radius 2 is 2.04 bits per heavy atom. The fourth-order valence-corrected chi connectivity index (χ4v) is 3.92. The molecule has 0 spiro atoms. The third-order valence-electron chi connectivity index (χ3n) is 5.36. The molecule has 3 aliphatic rings.